The van der Waals surface area contributed by atoms with Crippen LogP contribution in [0.3, 0.4) is 0 Å². The van der Waals surface area contributed by atoms with E-state index < -0.39 is 11.4 Å². The van der Waals surface area contributed by atoms with Crippen molar-refractivity contribution in [2.24, 2.45) is 0 Å². The van der Waals surface area contributed by atoms with E-state index in [9.17, 15) is 13.9 Å². The molecule has 1 unspecified atom stereocenters. The first kappa shape index (κ1) is 13.7. The fraction of sp³-hybridized carbons (Fsp3) is 0.250. The Bertz CT molecular complexity index is 618. The van der Waals surface area contributed by atoms with Crippen LogP contribution in [0.1, 0.15) is 29.2 Å². The number of rotatable bonds is 2. The highest BCUT2D eigenvalue weighted by Crippen LogP contribution is 2.32. The smallest absolute Gasteiger partial charge is 0.126 e. The number of aryl methyl sites for hydroxylation is 2. The molecule has 2 rings (SSSR count). The third kappa shape index (κ3) is 2.51. The second kappa shape index (κ2) is 4.74. The van der Waals surface area contributed by atoms with E-state index in [-0.39, 0.29) is 5.82 Å². The SMILES string of the molecule is Cc1ccc(C(C)(O)c2cc(F)ccc2C)cc1F. The highest BCUT2D eigenvalue weighted by atomic mass is 19.1. The van der Waals surface area contributed by atoms with Gasteiger partial charge in [0.2, 0.25) is 0 Å². The predicted octanol–water partition coefficient (Wildman–Crippen LogP) is 3.84. The quantitative estimate of drug-likeness (QED) is 0.872. The third-order valence-electron chi connectivity index (χ3n) is 3.46. The first-order valence-electron chi connectivity index (χ1n) is 6.08. The van der Waals surface area contributed by atoms with Crippen molar-refractivity contribution in [2.45, 2.75) is 26.4 Å². The largest absolute Gasteiger partial charge is 0.381 e. The maximum Gasteiger partial charge on any atom is 0.126 e. The monoisotopic (exact) mass is 262 g/mol. The van der Waals surface area contributed by atoms with Crippen LogP contribution in [-0.2, 0) is 5.60 Å². The fourth-order valence-corrected chi connectivity index (χ4v) is 2.17. The average Bonchev–Trinajstić information content (AvgIpc) is 2.35. The van der Waals surface area contributed by atoms with Crippen molar-refractivity contribution in [3.63, 3.8) is 0 Å². The molecule has 0 amide bonds. The number of benzene rings is 2. The van der Waals surface area contributed by atoms with E-state index in [1.165, 1.54) is 18.2 Å². The second-order valence-corrected chi connectivity index (χ2v) is 5.00. The number of aliphatic hydroxyl groups is 1. The maximum absolute atomic E-state index is 13.6. The molecular weight excluding hydrogens is 246 g/mol. The van der Waals surface area contributed by atoms with Gasteiger partial charge in [-0.1, -0.05) is 18.2 Å². The zero-order chi connectivity index (χ0) is 14.2. The van der Waals surface area contributed by atoms with E-state index in [2.05, 4.69) is 0 Å². The Balaban J connectivity index is 2.57. The van der Waals surface area contributed by atoms with Gasteiger partial charge in [0.15, 0.2) is 0 Å². The van der Waals surface area contributed by atoms with Crippen molar-refractivity contribution in [3.05, 3.63) is 70.3 Å². The molecule has 3 heteroatoms. The number of hydrogen-bond acceptors (Lipinski definition) is 1. The summed E-state index contributed by atoms with van der Waals surface area (Å²) in [5.41, 5.74) is 0.684. The lowest BCUT2D eigenvalue weighted by atomic mass is 9.85. The summed E-state index contributed by atoms with van der Waals surface area (Å²) in [5, 5.41) is 10.6. The lowest BCUT2D eigenvalue weighted by Gasteiger charge is -2.26. The Hall–Kier alpha value is -1.74. The number of halogens is 2. The van der Waals surface area contributed by atoms with Gasteiger partial charge in [-0.05, 0) is 61.2 Å². The average molecular weight is 262 g/mol. The molecule has 0 fully saturated rings. The van der Waals surface area contributed by atoms with Gasteiger partial charge < -0.3 is 5.11 Å². The molecule has 1 atom stereocenters. The topological polar surface area (TPSA) is 20.2 Å². The molecule has 2 aromatic carbocycles. The molecule has 1 N–H and O–H groups in total. The lowest BCUT2D eigenvalue weighted by Crippen LogP contribution is -2.24. The van der Waals surface area contributed by atoms with Crippen LogP contribution in [0.2, 0.25) is 0 Å². The minimum Gasteiger partial charge on any atom is -0.381 e. The van der Waals surface area contributed by atoms with Crippen LogP contribution in [-0.4, -0.2) is 5.11 Å². The summed E-state index contributed by atoms with van der Waals surface area (Å²) in [4.78, 5) is 0. The molecule has 0 saturated carbocycles. The molecule has 19 heavy (non-hydrogen) atoms. The summed E-state index contributed by atoms with van der Waals surface area (Å²) in [6.45, 7) is 4.98. The highest BCUT2D eigenvalue weighted by molar-refractivity contribution is 5.41. The maximum atomic E-state index is 13.6. The Labute approximate surface area is 111 Å². The van der Waals surface area contributed by atoms with E-state index >= 15 is 0 Å². The van der Waals surface area contributed by atoms with Gasteiger partial charge in [0, 0.05) is 0 Å². The van der Waals surface area contributed by atoms with Crippen LogP contribution < -0.4 is 0 Å². The van der Waals surface area contributed by atoms with Crippen LogP contribution in [0.25, 0.3) is 0 Å². The van der Waals surface area contributed by atoms with Crippen LogP contribution in [0, 0.1) is 25.5 Å². The minimum absolute atomic E-state index is 0.383. The van der Waals surface area contributed by atoms with Gasteiger partial charge in [-0.2, -0.15) is 0 Å². The van der Waals surface area contributed by atoms with Crippen molar-refractivity contribution in [3.8, 4) is 0 Å². The summed E-state index contributed by atoms with van der Waals surface area (Å²) >= 11 is 0. The van der Waals surface area contributed by atoms with E-state index in [1.54, 1.807) is 39.0 Å². The molecule has 0 bridgehead atoms. The zero-order valence-corrected chi connectivity index (χ0v) is 11.2. The molecule has 0 saturated heterocycles. The normalized spacial score (nSPS) is 14.2. The molecule has 0 heterocycles. The first-order chi connectivity index (χ1) is 8.82. The summed E-state index contributed by atoms with van der Waals surface area (Å²) in [7, 11) is 0. The van der Waals surface area contributed by atoms with Crippen molar-refractivity contribution in [1.29, 1.82) is 0 Å². The predicted molar refractivity (Wildman–Crippen MR) is 70.9 cm³/mol. The molecule has 0 radical (unpaired) electrons. The molecule has 0 spiro atoms. The van der Waals surface area contributed by atoms with Crippen LogP contribution in [0.15, 0.2) is 36.4 Å². The number of hydrogen-bond donors (Lipinski definition) is 1. The molecule has 100 valence electrons. The molecular formula is C16H16F2O. The molecule has 2 aromatic rings. The van der Waals surface area contributed by atoms with Gasteiger partial charge in [0.25, 0.3) is 0 Å². The van der Waals surface area contributed by atoms with Gasteiger partial charge >= 0.3 is 0 Å². The van der Waals surface area contributed by atoms with E-state index in [0.29, 0.717) is 16.7 Å². The Morgan fingerprint density at radius 2 is 1.58 bits per heavy atom. The van der Waals surface area contributed by atoms with Gasteiger partial charge in [-0.3, -0.25) is 0 Å². The van der Waals surface area contributed by atoms with Crippen LogP contribution in [0.4, 0.5) is 8.78 Å². The van der Waals surface area contributed by atoms with Gasteiger partial charge in [0.05, 0.1) is 0 Å². The van der Waals surface area contributed by atoms with E-state index in [0.717, 1.165) is 5.56 Å². The Kier molecular flexibility index (Phi) is 3.42. The van der Waals surface area contributed by atoms with Crippen LogP contribution >= 0.6 is 0 Å². The van der Waals surface area contributed by atoms with Crippen molar-refractivity contribution in [2.75, 3.05) is 0 Å². The minimum atomic E-state index is -1.43. The van der Waals surface area contributed by atoms with Crippen LogP contribution in [0.5, 0.6) is 0 Å². The molecule has 0 aromatic heterocycles. The molecule has 0 aliphatic carbocycles. The zero-order valence-electron chi connectivity index (χ0n) is 11.2. The van der Waals surface area contributed by atoms with Gasteiger partial charge in [-0.25, -0.2) is 8.78 Å². The van der Waals surface area contributed by atoms with Crippen molar-refractivity contribution < 1.29 is 13.9 Å². The highest BCUT2D eigenvalue weighted by Gasteiger charge is 2.28. The van der Waals surface area contributed by atoms with Crippen molar-refractivity contribution in [1.82, 2.24) is 0 Å². The second-order valence-electron chi connectivity index (χ2n) is 5.00. The standard InChI is InChI=1S/C16H16F2O/c1-10-5-7-13(17)9-14(10)16(3,19)12-6-4-11(2)15(18)8-12/h4-9,19H,1-3H3. The summed E-state index contributed by atoms with van der Waals surface area (Å²) in [6.07, 6.45) is 0. The van der Waals surface area contributed by atoms with E-state index in [1.807, 2.05) is 0 Å². The van der Waals surface area contributed by atoms with Gasteiger partial charge in [-0.15, -0.1) is 0 Å². The molecule has 0 aliphatic heterocycles. The van der Waals surface area contributed by atoms with Gasteiger partial charge in [0.1, 0.15) is 17.2 Å². The summed E-state index contributed by atoms with van der Waals surface area (Å²) < 4.78 is 27.0. The third-order valence-corrected chi connectivity index (χ3v) is 3.46. The molecule has 0 aliphatic rings. The summed E-state index contributed by atoms with van der Waals surface area (Å²) in [6, 6.07) is 8.78. The van der Waals surface area contributed by atoms with E-state index in [4.69, 9.17) is 0 Å². The Morgan fingerprint density at radius 1 is 0.947 bits per heavy atom. The van der Waals surface area contributed by atoms with Crippen molar-refractivity contribution >= 4 is 0 Å². The fourth-order valence-electron chi connectivity index (χ4n) is 2.17. The first-order valence-corrected chi connectivity index (χ1v) is 6.08. The lowest BCUT2D eigenvalue weighted by molar-refractivity contribution is 0.101. The summed E-state index contributed by atoms with van der Waals surface area (Å²) in [5.74, 6) is -0.805. The Morgan fingerprint density at radius 3 is 2.21 bits per heavy atom. The molecule has 1 nitrogen and oxygen atoms in total.